The predicted octanol–water partition coefficient (Wildman–Crippen LogP) is 1.53. The number of nitrogens with zero attached hydrogens (tertiary/aromatic N) is 3. The first-order valence-electron chi connectivity index (χ1n) is 6.98. The van der Waals surface area contributed by atoms with E-state index in [1.54, 1.807) is 55.2 Å². The van der Waals surface area contributed by atoms with Crippen molar-refractivity contribution in [2.45, 2.75) is 0 Å². The summed E-state index contributed by atoms with van der Waals surface area (Å²) in [6.07, 6.45) is 1.56. The second-order valence-electron chi connectivity index (χ2n) is 5.12. The molecule has 0 radical (unpaired) electrons. The molecule has 0 spiro atoms. The third-order valence-electron chi connectivity index (χ3n) is 3.74. The van der Waals surface area contributed by atoms with Crippen molar-refractivity contribution in [2.75, 3.05) is 12.4 Å². The number of aromatic nitrogens is 3. The summed E-state index contributed by atoms with van der Waals surface area (Å²) in [6.45, 7) is 0. The van der Waals surface area contributed by atoms with Gasteiger partial charge in [-0.3, -0.25) is 13.9 Å². The van der Waals surface area contributed by atoms with Crippen molar-refractivity contribution < 1.29 is 9.53 Å². The highest BCUT2D eigenvalue weighted by atomic mass is 16.5. The number of ether oxygens (including phenoxy) is 1. The zero-order valence-corrected chi connectivity index (χ0v) is 13.0. The van der Waals surface area contributed by atoms with Gasteiger partial charge in [0, 0.05) is 26.0 Å². The molecule has 2 aromatic heterocycles. The number of aryl methyl sites for hydroxylation is 2. The Bertz CT molecular complexity index is 956. The molecule has 0 saturated heterocycles. The molecule has 1 aromatic carbocycles. The summed E-state index contributed by atoms with van der Waals surface area (Å²) in [5.41, 5.74) is 2.37. The minimum atomic E-state index is -0.324. The van der Waals surface area contributed by atoms with Crippen LogP contribution >= 0.6 is 0 Å². The van der Waals surface area contributed by atoms with Crippen LogP contribution in [0.5, 0.6) is 5.88 Å². The molecular weight excluding hydrogens is 296 g/mol. The minimum absolute atomic E-state index is 0.114. The van der Waals surface area contributed by atoms with Gasteiger partial charge in [-0.15, -0.1) is 0 Å². The average Bonchev–Trinajstić information content (AvgIpc) is 2.79. The molecule has 0 aliphatic rings. The van der Waals surface area contributed by atoms with Crippen molar-refractivity contribution in [1.82, 2.24) is 14.1 Å². The fourth-order valence-electron chi connectivity index (χ4n) is 2.51. The van der Waals surface area contributed by atoms with Gasteiger partial charge in [-0.25, -0.2) is 9.78 Å². The number of carbonyl (C=O) groups is 1. The van der Waals surface area contributed by atoms with E-state index in [1.807, 2.05) is 0 Å². The van der Waals surface area contributed by atoms with Gasteiger partial charge in [0.05, 0.1) is 18.1 Å². The number of benzene rings is 1. The zero-order valence-electron chi connectivity index (χ0n) is 13.0. The average molecular weight is 312 g/mol. The van der Waals surface area contributed by atoms with E-state index in [1.165, 1.54) is 11.7 Å². The molecule has 7 heteroatoms. The van der Waals surface area contributed by atoms with Crippen molar-refractivity contribution in [2.24, 2.45) is 14.1 Å². The molecule has 3 aromatic rings. The second kappa shape index (κ2) is 5.60. The van der Waals surface area contributed by atoms with Gasteiger partial charge in [0.25, 0.3) is 5.91 Å². The van der Waals surface area contributed by atoms with E-state index in [4.69, 9.17) is 4.74 Å². The molecule has 0 aliphatic carbocycles. The van der Waals surface area contributed by atoms with Crippen LogP contribution < -0.4 is 15.7 Å². The minimum Gasteiger partial charge on any atom is -0.480 e. The second-order valence-corrected chi connectivity index (χ2v) is 5.12. The van der Waals surface area contributed by atoms with E-state index in [0.29, 0.717) is 11.3 Å². The lowest BCUT2D eigenvalue weighted by atomic mass is 10.2. The lowest BCUT2D eigenvalue weighted by molar-refractivity contribution is 0.102. The van der Waals surface area contributed by atoms with E-state index >= 15 is 0 Å². The van der Waals surface area contributed by atoms with E-state index in [2.05, 4.69) is 10.3 Å². The third kappa shape index (κ3) is 2.46. The van der Waals surface area contributed by atoms with E-state index in [-0.39, 0.29) is 17.5 Å². The largest absolute Gasteiger partial charge is 0.480 e. The van der Waals surface area contributed by atoms with Crippen LogP contribution in [0.15, 0.2) is 41.3 Å². The number of methoxy groups -OCH3 is 1. The van der Waals surface area contributed by atoms with E-state index in [9.17, 15) is 9.59 Å². The Labute approximate surface area is 132 Å². The molecule has 0 fully saturated rings. The van der Waals surface area contributed by atoms with Gasteiger partial charge in [-0.05, 0) is 30.3 Å². The van der Waals surface area contributed by atoms with Crippen LogP contribution in [0.3, 0.4) is 0 Å². The van der Waals surface area contributed by atoms with Gasteiger partial charge in [-0.2, -0.15) is 0 Å². The predicted molar refractivity (Wildman–Crippen MR) is 86.9 cm³/mol. The summed E-state index contributed by atoms with van der Waals surface area (Å²) >= 11 is 0. The Morgan fingerprint density at radius 2 is 1.91 bits per heavy atom. The Hall–Kier alpha value is -3.09. The normalized spacial score (nSPS) is 10.7. The molecule has 0 aliphatic heterocycles. The van der Waals surface area contributed by atoms with Crippen LogP contribution in [0.2, 0.25) is 0 Å². The number of anilines is 1. The highest BCUT2D eigenvalue weighted by Gasteiger charge is 2.14. The molecule has 3 rings (SSSR count). The van der Waals surface area contributed by atoms with Crippen molar-refractivity contribution in [1.29, 1.82) is 0 Å². The first-order valence-corrected chi connectivity index (χ1v) is 6.98. The van der Waals surface area contributed by atoms with Gasteiger partial charge in [0.2, 0.25) is 5.88 Å². The van der Waals surface area contributed by atoms with Crippen molar-refractivity contribution >= 4 is 22.6 Å². The number of fused-ring (bicyclic) bond motifs is 1. The standard InChI is InChI=1S/C16H16N4O3/c1-19-12-7-6-10(9-13(12)20(2)16(19)22)18-14(21)11-5-4-8-17-15(11)23-3/h4-9H,1-3H3,(H,18,21). The zero-order chi connectivity index (χ0) is 16.6. The van der Waals surface area contributed by atoms with Crippen LogP contribution in [0, 0.1) is 0 Å². The Morgan fingerprint density at radius 1 is 1.17 bits per heavy atom. The summed E-state index contributed by atoms with van der Waals surface area (Å²) in [5.74, 6) is -0.0616. The van der Waals surface area contributed by atoms with Crippen LogP contribution in [-0.4, -0.2) is 27.1 Å². The van der Waals surface area contributed by atoms with Crippen LogP contribution in [0.25, 0.3) is 11.0 Å². The number of hydrogen-bond donors (Lipinski definition) is 1. The topological polar surface area (TPSA) is 78.2 Å². The Kier molecular flexibility index (Phi) is 3.61. The first-order chi connectivity index (χ1) is 11.0. The van der Waals surface area contributed by atoms with Gasteiger partial charge in [0.1, 0.15) is 5.56 Å². The summed E-state index contributed by atoms with van der Waals surface area (Å²) in [5, 5.41) is 2.80. The first kappa shape index (κ1) is 14.8. The maximum absolute atomic E-state index is 12.4. The number of rotatable bonds is 3. The molecule has 1 amide bonds. The Balaban J connectivity index is 1.97. The lowest BCUT2D eigenvalue weighted by Crippen LogP contribution is -2.19. The van der Waals surface area contributed by atoms with Crippen molar-refractivity contribution in [3.63, 3.8) is 0 Å². The van der Waals surface area contributed by atoms with Crippen LogP contribution in [0.1, 0.15) is 10.4 Å². The molecule has 0 bridgehead atoms. The van der Waals surface area contributed by atoms with E-state index < -0.39 is 0 Å². The van der Waals surface area contributed by atoms with Gasteiger partial charge >= 0.3 is 5.69 Å². The molecule has 1 N–H and O–H groups in total. The fourth-order valence-corrected chi connectivity index (χ4v) is 2.51. The highest BCUT2D eigenvalue weighted by Crippen LogP contribution is 2.20. The van der Waals surface area contributed by atoms with Crippen molar-refractivity contribution in [3.05, 3.63) is 52.6 Å². The third-order valence-corrected chi connectivity index (χ3v) is 3.74. The van der Waals surface area contributed by atoms with Gasteiger partial charge in [-0.1, -0.05) is 0 Å². The molecule has 23 heavy (non-hydrogen) atoms. The molecule has 0 unspecified atom stereocenters. The summed E-state index contributed by atoms with van der Waals surface area (Å²) < 4.78 is 8.19. The van der Waals surface area contributed by atoms with Gasteiger partial charge in [0.15, 0.2) is 0 Å². The van der Waals surface area contributed by atoms with Crippen LogP contribution in [-0.2, 0) is 14.1 Å². The molecule has 118 valence electrons. The smallest absolute Gasteiger partial charge is 0.328 e. The summed E-state index contributed by atoms with van der Waals surface area (Å²) in [4.78, 5) is 28.3. The molecule has 2 heterocycles. The van der Waals surface area contributed by atoms with E-state index in [0.717, 1.165) is 11.0 Å². The molecule has 0 saturated carbocycles. The number of pyridine rings is 1. The SMILES string of the molecule is COc1ncccc1C(=O)Nc1ccc2c(c1)n(C)c(=O)n2C. The fraction of sp³-hybridized carbons (Fsp3) is 0.188. The summed E-state index contributed by atoms with van der Waals surface area (Å²) in [6, 6.07) is 8.62. The number of carbonyl (C=O) groups excluding carboxylic acids is 1. The highest BCUT2D eigenvalue weighted by molar-refractivity contribution is 6.06. The number of nitrogens with one attached hydrogen (secondary N) is 1. The summed E-state index contributed by atoms with van der Waals surface area (Å²) in [7, 11) is 4.87. The monoisotopic (exact) mass is 312 g/mol. The number of amides is 1. The molecule has 7 nitrogen and oxygen atoms in total. The van der Waals surface area contributed by atoms with Crippen molar-refractivity contribution in [3.8, 4) is 5.88 Å². The molecule has 0 atom stereocenters. The number of hydrogen-bond acceptors (Lipinski definition) is 4. The maximum Gasteiger partial charge on any atom is 0.328 e. The molecular formula is C16H16N4O3. The number of imidazole rings is 1. The Morgan fingerprint density at radius 3 is 2.65 bits per heavy atom. The maximum atomic E-state index is 12.4. The van der Waals surface area contributed by atoms with Crippen LogP contribution in [0.4, 0.5) is 5.69 Å². The quantitative estimate of drug-likeness (QED) is 0.795. The van der Waals surface area contributed by atoms with Gasteiger partial charge < -0.3 is 10.1 Å². The lowest BCUT2D eigenvalue weighted by Gasteiger charge is -2.08.